The van der Waals surface area contributed by atoms with Gasteiger partial charge in [-0.05, 0) is 23.6 Å². The second-order valence-electron chi connectivity index (χ2n) is 7.63. The number of aliphatic hydroxyl groups excluding tert-OH is 4. The van der Waals surface area contributed by atoms with E-state index in [0.717, 1.165) is 6.07 Å². The minimum atomic E-state index is -1.63. The highest BCUT2D eigenvalue weighted by Gasteiger charge is 2.45. The molecule has 0 bridgehead atoms. The maximum Gasteiger partial charge on any atom is 0.342 e. The third-order valence-electron chi connectivity index (χ3n) is 3.91. The highest BCUT2D eigenvalue weighted by Crippen LogP contribution is 2.29. The second kappa shape index (κ2) is 8.41. The van der Waals surface area contributed by atoms with E-state index in [2.05, 4.69) is 0 Å². The lowest BCUT2D eigenvalue weighted by atomic mass is 9.98. The van der Waals surface area contributed by atoms with Crippen LogP contribution in [0.5, 0.6) is 11.5 Å². The summed E-state index contributed by atoms with van der Waals surface area (Å²) < 4.78 is 16.0. The Balaban J connectivity index is 2.22. The topological polar surface area (TPSA) is 146 Å². The molecule has 0 unspecified atom stereocenters. The average molecular weight is 386 g/mol. The summed E-state index contributed by atoms with van der Waals surface area (Å²) in [5.74, 6) is -1.00. The zero-order chi connectivity index (χ0) is 20.4. The molecule has 1 aromatic carbocycles. The first-order chi connectivity index (χ1) is 12.5. The lowest BCUT2D eigenvalue weighted by Crippen LogP contribution is -2.60. The van der Waals surface area contributed by atoms with Crippen LogP contribution in [0.3, 0.4) is 0 Å². The molecular formula is C18H26O9. The van der Waals surface area contributed by atoms with Crippen molar-refractivity contribution >= 4 is 5.97 Å². The van der Waals surface area contributed by atoms with Gasteiger partial charge in [-0.1, -0.05) is 20.8 Å². The van der Waals surface area contributed by atoms with Crippen molar-refractivity contribution in [1.82, 2.24) is 0 Å². The number of carbonyl (C=O) groups excluding carboxylic acids is 1. The smallest absolute Gasteiger partial charge is 0.342 e. The van der Waals surface area contributed by atoms with E-state index >= 15 is 0 Å². The van der Waals surface area contributed by atoms with Gasteiger partial charge >= 0.3 is 5.97 Å². The quantitative estimate of drug-likeness (QED) is 0.433. The molecule has 1 aromatic rings. The van der Waals surface area contributed by atoms with Crippen LogP contribution >= 0.6 is 0 Å². The summed E-state index contributed by atoms with van der Waals surface area (Å²) in [6.45, 7) is 5.16. The predicted octanol–water partition coefficient (Wildman–Crippen LogP) is -0.226. The van der Waals surface area contributed by atoms with Crippen molar-refractivity contribution in [3.8, 4) is 11.5 Å². The van der Waals surface area contributed by atoms with Gasteiger partial charge in [-0.2, -0.15) is 0 Å². The Morgan fingerprint density at radius 2 is 1.81 bits per heavy atom. The third-order valence-corrected chi connectivity index (χ3v) is 3.91. The van der Waals surface area contributed by atoms with Gasteiger partial charge in [0.25, 0.3) is 0 Å². The van der Waals surface area contributed by atoms with Gasteiger partial charge in [0.1, 0.15) is 41.5 Å². The molecule has 1 aliphatic rings. The number of phenolic OH excluding ortho intramolecular Hbond substituents is 1. The SMILES string of the molecule is CC(C)(C)COC(=O)c1cc(O)ccc1O[C@@H]1O[C@H](CO)[C@@H](O)[C@H](O)[C@H]1O. The van der Waals surface area contributed by atoms with Gasteiger partial charge in [-0.25, -0.2) is 4.79 Å². The van der Waals surface area contributed by atoms with E-state index in [9.17, 15) is 30.3 Å². The van der Waals surface area contributed by atoms with E-state index in [1.165, 1.54) is 12.1 Å². The fraction of sp³-hybridized carbons (Fsp3) is 0.611. The van der Waals surface area contributed by atoms with E-state index in [-0.39, 0.29) is 29.1 Å². The van der Waals surface area contributed by atoms with Crippen LogP contribution in [0.2, 0.25) is 0 Å². The van der Waals surface area contributed by atoms with E-state index in [1.54, 1.807) is 0 Å². The molecule has 0 aliphatic carbocycles. The molecule has 5 atom stereocenters. The number of hydrogen-bond acceptors (Lipinski definition) is 9. The van der Waals surface area contributed by atoms with Crippen LogP contribution in [0.25, 0.3) is 0 Å². The average Bonchev–Trinajstić information content (AvgIpc) is 2.60. The Bertz CT molecular complexity index is 653. The van der Waals surface area contributed by atoms with Crippen molar-refractivity contribution in [3.05, 3.63) is 23.8 Å². The highest BCUT2D eigenvalue weighted by molar-refractivity contribution is 5.93. The van der Waals surface area contributed by atoms with E-state index in [0.29, 0.717) is 0 Å². The van der Waals surface area contributed by atoms with Gasteiger partial charge in [0, 0.05) is 0 Å². The Morgan fingerprint density at radius 1 is 1.15 bits per heavy atom. The summed E-state index contributed by atoms with van der Waals surface area (Å²) in [4.78, 5) is 12.4. The molecule has 1 aliphatic heterocycles. The van der Waals surface area contributed by atoms with E-state index in [4.69, 9.17) is 14.2 Å². The maximum atomic E-state index is 12.4. The molecular weight excluding hydrogens is 360 g/mol. The molecule has 1 fully saturated rings. The summed E-state index contributed by atoms with van der Waals surface area (Å²) in [7, 11) is 0. The lowest BCUT2D eigenvalue weighted by Gasteiger charge is -2.39. The largest absolute Gasteiger partial charge is 0.508 e. The summed E-state index contributed by atoms with van der Waals surface area (Å²) in [5, 5.41) is 48.6. The molecule has 0 radical (unpaired) electrons. The van der Waals surface area contributed by atoms with Gasteiger partial charge in [0.15, 0.2) is 0 Å². The number of ether oxygens (including phenoxy) is 3. The molecule has 2 rings (SSSR count). The van der Waals surface area contributed by atoms with Crippen LogP contribution in [-0.2, 0) is 9.47 Å². The number of esters is 1. The fourth-order valence-corrected chi connectivity index (χ4v) is 2.43. The molecule has 9 heteroatoms. The van der Waals surface area contributed by atoms with Gasteiger partial charge in [0.2, 0.25) is 6.29 Å². The number of carbonyl (C=O) groups is 1. The Labute approximate surface area is 156 Å². The van der Waals surface area contributed by atoms with Crippen LogP contribution in [-0.4, -0.2) is 75.4 Å². The summed E-state index contributed by atoms with van der Waals surface area (Å²) in [6.07, 6.45) is -7.38. The van der Waals surface area contributed by atoms with Crippen LogP contribution < -0.4 is 4.74 Å². The minimum Gasteiger partial charge on any atom is -0.508 e. The van der Waals surface area contributed by atoms with Crippen LogP contribution in [0, 0.1) is 5.41 Å². The molecule has 0 saturated carbocycles. The molecule has 9 nitrogen and oxygen atoms in total. The summed E-state index contributed by atoms with van der Waals surface area (Å²) >= 11 is 0. The Hall–Kier alpha value is -1.91. The number of benzene rings is 1. The first-order valence-electron chi connectivity index (χ1n) is 8.51. The minimum absolute atomic E-state index is 0.0592. The number of aliphatic hydroxyl groups is 4. The standard InChI is InChI=1S/C18H26O9/c1-18(2,3)8-25-16(24)10-6-9(20)4-5-11(10)26-17-15(23)14(22)13(21)12(7-19)27-17/h4-6,12-15,17,19-23H,7-8H2,1-3H3/t12-,13-,14+,15-,17-/m1/s1. The first-order valence-corrected chi connectivity index (χ1v) is 8.51. The molecule has 1 heterocycles. The Kier molecular flexibility index (Phi) is 6.66. The van der Waals surface area contributed by atoms with Gasteiger partial charge in [-0.3, -0.25) is 0 Å². The lowest BCUT2D eigenvalue weighted by molar-refractivity contribution is -0.277. The third kappa shape index (κ3) is 5.30. The van der Waals surface area contributed by atoms with Gasteiger partial charge in [0.05, 0.1) is 13.2 Å². The van der Waals surface area contributed by atoms with Crippen LogP contribution in [0.4, 0.5) is 0 Å². The van der Waals surface area contributed by atoms with Crippen molar-refractivity contribution in [2.75, 3.05) is 13.2 Å². The first kappa shape index (κ1) is 21.4. The maximum absolute atomic E-state index is 12.4. The number of phenols is 1. The molecule has 5 N–H and O–H groups in total. The van der Waals surface area contributed by atoms with E-state index in [1.807, 2.05) is 20.8 Å². The van der Waals surface area contributed by atoms with Crippen molar-refractivity contribution in [3.63, 3.8) is 0 Å². The van der Waals surface area contributed by atoms with Gasteiger partial charge < -0.3 is 39.7 Å². The number of hydrogen-bond donors (Lipinski definition) is 5. The summed E-state index contributed by atoms with van der Waals surface area (Å²) in [5.41, 5.74) is -0.374. The zero-order valence-electron chi connectivity index (χ0n) is 15.4. The van der Waals surface area contributed by atoms with Crippen LogP contribution in [0.1, 0.15) is 31.1 Å². The summed E-state index contributed by atoms with van der Waals surface area (Å²) in [6, 6.07) is 3.69. The number of aromatic hydroxyl groups is 1. The molecule has 27 heavy (non-hydrogen) atoms. The highest BCUT2D eigenvalue weighted by atomic mass is 16.7. The van der Waals surface area contributed by atoms with Crippen molar-refractivity contribution < 1.29 is 44.5 Å². The Morgan fingerprint density at radius 3 is 2.41 bits per heavy atom. The predicted molar refractivity (Wildman–Crippen MR) is 92.2 cm³/mol. The fourth-order valence-electron chi connectivity index (χ4n) is 2.43. The monoisotopic (exact) mass is 386 g/mol. The normalized spacial score (nSPS) is 28.6. The van der Waals surface area contributed by atoms with Crippen LogP contribution in [0.15, 0.2) is 18.2 Å². The second-order valence-corrected chi connectivity index (χ2v) is 7.63. The van der Waals surface area contributed by atoms with Crippen molar-refractivity contribution in [1.29, 1.82) is 0 Å². The van der Waals surface area contributed by atoms with Crippen molar-refractivity contribution in [2.24, 2.45) is 5.41 Å². The molecule has 0 amide bonds. The molecule has 0 aromatic heterocycles. The molecule has 1 saturated heterocycles. The molecule has 152 valence electrons. The zero-order valence-corrected chi connectivity index (χ0v) is 15.4. The molecule has 0 spiro atoms. The number of rotatable bonds is 5. The van der Waals surface area contributed by atoms with E-state index < -0.39 is 43.3 Å². The van der Waals surface area contributed by atoms with Gasteiger partial charge in [-0.15, -0.1) is 0 Å². The van der Waals surface area contributed by atoms with Crippen molar-refractivity contribution in [2.45, 2.75) is 51.5 Å².